The second-order valence-corrected chi connectivity index (χ2v) is 9.89. The average molecular weight is 439 g/mol. The smallest absolute Gasteiger partial charge is 0.123 e. The molecule has 0 bridgehead atoms. The molecule has 0 saturated carbocycles. The van der Waals surface area contributed by atoms with Gasteiger partial charge >= 0.3 is 0 Å². The maximum Gasteiger partial charge on any atom is 0.123 e. The molecule has 4 aromatic rings. The van der Waals surface area contributed by atoms with Crippen LogP contribution in [0.15, 0.2) is 109 Å². The van der Waals surface area contributed by atoms with Crippen molar-refractivity contribution in [2.24, 2.45) is 0 Å². The molecule has 32 heavy (non-hydrogen) atoms. The monoisotopic (exact) mass is 438 g/mol. The molecule has 0 radical (unpaired) electrons. The van der Waals surface area contributed by atoms with Crippen molar-refractivity contribution in [2.45, 2.75) is 26.7 Å². The van der Waals surface area contributed by atoms with E-state index >= 15 is 0 Å². The van der Waals surface area contributed by atoms with Gasteiger partial charge in [-0.25, -0.2) is 4.39 Å². The average Bonchev–Trinajstić information content (AvgIpc) is 2.84. The highest BCUT2D eigenvalue weighted by atomic mass is 31.1. The van der Waals surface area contributed by atoms with Crippen LogP contribution in [0.4, 0.5) is 4.39 Å². The standard InChI is InChI=1S/C30H28FP/c1-3-13-23(4-2)29-22-24(31)20-21-27(29)28-18-11-12-19-30(28)32(25-14-7-5-8-15-25)26-16-9-6-10-17-26/h5-22H,3-4H2,1-2H3/b23-13+. The second kappa shape index (κ2) is 10.5. The molecule has 0 aliphatic carbocycles. The third-order valence-electron chi connectivity index (χ3n) is 5.62. The minimum Gasteiger partial charge on any atom is -0.207 e. The lowest BCUT2D eigenvalue weighted by Crippen LogP contribution is -2.22. The summed E-state index contributed by atoms with van der Waals surface area (Å²) in [4.78, 5) is 0. The highest BCUT2D eigenvalue weighted by molar-refractivity contribution is 7.80. The minimum absolute atomic E-state index is 0.190. The van der Waals surface area contributed by atoms with Crippen molar-refractivity contribution in [3.8, 4) is 11.1 Å². The van der Waals surface area contributed by atoms with E-state index in [2.05, 4.69) is 105 Å². The van der Waals surface area contributed by atoms with E-state index < -0.39 is 7.92 Å². The lowest BCUT2D eigenvalue weighted by molar-refractivity contribution is 0.627. The van der Waals surface area contributed by atoms with E-state index in [1.54, 1.807) is 12.1 Å². The zero-order valence-electron chi connectivity index (χ0n) is 18.6. The van der Waals surface area contributed by atoms with Gasteiger partial charge in [0.05, 0.1) is 0 Å². The molecular formula is C30H28FP. The molecule has 0 nitrogen and oxygen atoms in total. The van der Waals surface area contributed by atoms with E-state index in [4.69, 9.17) is 0 Å². The van der Waals surface area contributed by atoms with Gasteiger partial charge in [-0.2, -0.15) is 0 Å². The Labute approximate surface area is 192 Å². The van der Waals surface area contributed by atoms with Crippen molar-refractivity contribution in [3.05, 3.63) is 121 Å². The van der Waals surface area contributed by atoms with Crippen molar-refractivity contribution >= 4 is 29.4 Å². The summed E-state index contributed by atoms with van der Waals surface area (Å²) in [5.74, 6) is -0.190. The Bertz CT molecular complexity index is 1160. The molecule has 0 fully saturated rings. The summed E-state index contributed by atoms with van der Waals surface area (Å²) in [7, 11) is -0.755. The highest BCUT2D eigenvalue weighted by Gasteiger charge is 2.21. The Morgan fingerprint density at radius 2 is 1.31 bits per heavy atom. The zero-order valence-corrected chi connectivity index (χ0v) is 19.5. The lowest BCUT2D eigenvalue weighted by atomic mass is 9.92. The normalized spacial score (nSPS) is 11.7. The van der Waals surface area contributed by atoms with Crippen molar-refractivity contribution in [2.75, 3.05) is 0 Å². The van der Waals surface area contributed by atoms with Gasteiger partial charge in [0.15, 0.2) is 0 Å². The highest BCUT2D eigenvalue weighted by Crippen LogP contribution is 2.39. The topological polar surface area (TPSA) is 0 Å². The number of rotatable bonds is 7. The van der Waals surface area contributed by atoms with Crippen molar-refractivity contribution in [1.82, 2.24) is 0 Å². The van der Waals surface area contributed by atoms with Crippen molar-refractivity contribution in [3.63, 3.8) is 0 Å². The summed E-state index contributed by atoms with van der Waals surface area (Å²) in [6, 6.07) is 35.3. The molecule has 0 unspecified atom stereocenters. The van der Waals surface area contributed by atoms with E-state index in [9.17, 15) is 4.39 Å². The minimum atomic E-state index is -0.755. The first-order valence-electron chi connectivity index (χ1n) is 11.2. The van der Waals surface area contributed by atoms with Gasteiger partial charge in [0, 0.05) is 0 Å². The third kappa shape index (κ3) is 4.74. The molecule has 160 valence electrons. The largest absolute Gasteiger partial charge is 0.207 e. The van der Waals surface area contributed by atoms with Crippen molar-refractivity contribution in [1.29, 1.82) is 0 Å². The number of hydrogen-bond acceptors (Lipinski definition) is 0. The quantitative estimate of drug-likeness (QED) is 0.263. The molecular weight excluding hydrogens is 410 g/mol. The SMILES string of the molecule is CC/C=C(\CC)c1cc(F)ccc1-c1ccccc1P(c1ccccc1)c1ccccc1. The van der Waals surface area contributed by atoms with E-state index in [1.165, 1.54) is 27.1 Å². The van der Waals surface area contributed by atoms with Gasteiger partial charge in [0.2, 0.25) is 0 Å². The summed E-state index contributed by atoms with van der Waals surface area (Å²) >= 11 is 0. The summed E-state index contributed by atoms with van der Waals surface area (Å²) in [6.07, 6.45) is 4.03. The summed E-state index contributed by atoms with van der Waals surface area (Å²) in [6.45, 7) is 4.27. The van der Waals surface area contributed by atoms with Crippen LogP contribution < -0.4 is 15.9 Å². The number of allylic oxidation sites excluding steroid dienone is 2. The third-order valence-corrected chi connectivity index (χ3v) is 8.12. The molecule has 0 aromatic heterocycles. The second-order valence-electron chi connectivity index (χ2n) is 7.70. The van der Waals surface area contributed by atoms with E-state index in [-0.39, 0.29) is 5.82 Å². The number of benzene rings is 4. The predicted molar refractivity (Wildman–Crippen MR) is 139 cm³/mol. The van der Waals surface area contributed by atoms with Crippen LogP contribution in [0.5, 0.6) is 0 Å². The molecule has 0 spiro atoms. The molecule has 0 heterocycles. The van der Waals surface area contributed by atoms with Crippen LogP contribution in [0.1, 0.15) is 32.3 Å². The fraction of sp³-hybridized carbons (Fsp3) is 0.133. The Kier molecular flexibility index (Phi) is 7.30. The van der Waals surface area contributed by atoms with Gasteiger partial charge in [-0.05, 0) is 71.1 Å². The van der Waals surface area contributed by atoms with E-state index in [0.29, 0.717) is 0 Å². The van der Waals surface area contributed by atoms with Gasteiger partial charge in [0.25, 0.3) is 0 Å². The first-order chi connectivity index (χ1) is 15.7. The Morgan fingerprint density at radius 3 is 1.91 bits per heavy atom. The van der Waals surface area contributed by atoms with Crippen molar-refractivity contribution < 1.29 is 4.39 Å². The van der Waals surface area contributed by atoms with Crippen LogP contribution in [0.25, 0.3) is 16.7 Å². The van der Waals surface area contributed by atoms with Crippen LogP contribution >= 0.6 is 7.92 Å². The first-order valence-corrected chi connectivity index (χ1v) is 12.6. The predicted octanol–water partition coefficient (Wildman–Crippen LogP) is 7.45. The fourth-order valence-corrected chi connectivity index (χ4v) is 6.65. The van der Waals surface area contributed by atoms with Gasteiger partial charge in [-0.15, -0.1) is 0 Å². The maximum atomic E-state index is 14.4. The van der Waals surface area contributed by atoms with E-state index in [1.807, 2.05) is 6.07 Å². The molecule has 0 aliphatic heterocycles. The Balaban J connectivity index is 1.97. The van der Waals surface area contributed by atoms with Gasteiger partial charge in [-0.1, -0.05) is 111 Å². The van der Waals surface area contributed by atoms with Gasteiger partial charge < -0.3 is 0 Å². The molecule has 2 heteroatoms. The molecule has 0 saturated heterocycles. The Morgan fingerprint density at radius 1 is 0.719 bits per heavy atom. The van der Waals surface area contributed by atoms with Crippen LogP contribution in [0.3, 0.4) is 0 Å². The van der Waals surface area contributed by atoms with Crippen LogP contribution in [0, 0.1) is 5.82 Å². The molecule has 0 amide bonds. The summed E-state index contributed by atoms with van der Waals surface area (Å²) in [5, 5.41) is 3.91. The summed E-state index contributed by atoms with van der Waals surface area (Å²) in [5.41, 5.74) is 4.47. The molecule has 0 atom stereocenters. The number of hydrogen-bond donors (Lipinski definition) is 0. The van der Waals surface area contributed by atoms with E-state index in [0.717, 1.165) is 24.0 Å². The molecule has 0 N–H and O–H groups in total. The van der Waals surface area contributed by atoms with Crippen LogP contribution in [-0.2, 0) is 0 Å². The lowest BCUT2D eigenvalue weighted by Gasteiger charge is -2.24. The molecule has 4 aromatic carbocycles. The zero-order chi connectivity index (χ0) is 22.3. The fourth-order valence-electron chi connectivity index (χ4n) is 4.19. The summed E-state index contributed by atoms with van der Waals surface area (Å²) < 4.78 is 14.4. The molecule has 0 aliphatic rings. The maximum absolute atomic E-state index is 14.4. The first kappa shape index (κ1) is 22.2. The van der Waals surface area contributed by atoms with Crippen LogP contribution in [-0.4, -0.2) is 0 Å². The van der Waals surface area contributed by atoms with Crippen LogP contribution in [0.2, 0.25) is 0 Å². The van der Waals surface area contributed by atoms with Gasteiger partial charge in [0.1, 0.15) is 5.82 Å². The van der Waals surface area contributed by atoms with Gasteiger partial charge in [-0.3, -0.25) is 0 Å². The Hall–Kier alpha value is -3.02. The number of halogens is 1. The molecule has 4 rings (SSSR count).